The Morgan fingerprint density at radius 3 is 2.74 bits per heavy atom. The van der Waals surface area contributed by atoms with Gasteiger partial charge in [0.05, 0.1) is 5.92 Å². The highest BCUT2D eigenvalue weighted by atomic mass is 35.5. The highest BCUT2D eigenvalue weighted by Gasteiger charge is 2.32. The maximum absolute atomic E-state index is 12.3. The molecule has 2 atom stereocenters. The van der Waals surface area contributed by atoms with Gasteiger partial charge in [0.25, 0.3) is 0 Å². The second kappa shape index (κ2) is 6.12. The molecule has 1 saturated carbocycles. The summed E-state index contributed by atoms with van der Waals surface area (Å²) >= 11 is 12.0. The third-order valence-corrected chi connectivity index (χ3v) is 4.27. The molecule has 5 heteroatoms. The number of hydrogen-bond acceptors (Lipinski definition) is 2. The van der Waals surface area contributed by atoms with Crippen molar-refractivity contribution in [2.45, 2.75) is 31.8 Å². The fourth-order valence-corrected chi connectivity index (χ4v) is 3.03. The lowest BCUT2D eigenvalue weighted by Crippen LogP contribution is -2.39. The molecule has 1 aromatic rings. The van der Waals surface area contributed by atoms with E-state index in [1.165, 1.54) is 0 Å². The van der Waals surface area contributed by atoms with E-state index >= 15 is 0 Å². The first-order valence-corrected chi connectivity index (χ1v) is 7.19. The fourth-order valence-electron chi connectivity index (χ4n) is 2.56. The minimum Gasteiger partial charge on any atom is -0.341 e. The number of benzene rings is 1. The zero-order chi connectivity index (χ0) is 14.0. The first kappa shape index (κ1) is 14.6. The SMILES string of the molecule is CN(Cc1ccc(Cl)cc1Cl)C(=O)C1CCCC1N. The van der Waals surface area contributed by atoms with Gasteiger partial charge >= 0.3 is 0 Å². The minimum atomic E-state index is -0.0453. The Bertz CT molecular complexity index is 479. The van der Waals surface area contributed by atoms with E-state index in [9.17, 15) is 4.79 Å². The molecule has 3 nitrogen and oxygen atoms in total. The molecule has 0 aliphatic heterocycles. The van der Waals surface area contributed by atoms with Gasteiger partial charge in [0, 0.05) is 29.7 Å². The van der Waals surface area contributed by atoms with Crippen LogP contribution in [0.25, 0.3) is 0 Å². The molecule has 0 aromatic heterocycles. The minimum absolute atomic E-state index is 0.00404. The van der Waals surface area contributed by atoms with Gasteiger partial charge in [-0.2, -0.15) is 0 Å². The van der Waals surface area contributed by atoms with Crippen molar-refractivity contribution in [3.05, 3.63) is 33.8 Å². The van der Waals surface area contributed by atoms with Crippen LogP contribution in [-0.2, 0) is 11.3 Å². The summed E-state index contributed by atoms with van der Waals surface area (Å²) in [5.41, 5.74) is 6.87. The lowest BCUT2D eigenvalue weighted by atomic mass is 10.0. The van der Waals surface area contributed by atoms with Gasteiger partial charge in [0.15, 0.2) is 0 Å². The summed E-state index contributed by atoms with van der Waals surface area (Å²) in [5.74, 6) is 0.0621. The first-order valence-electron chi connectivity index (χ1n) is 6.43. The summed E-state index contributed by atoms with van der Waals surface area (Å²) in [4.78, 5) is 14.0. The van der Waals surface area contributed by atoms with Crippen LogP contribution in [0.15, 0.2) is 18.2 Å². The molecule has 1 aliphatic carbocycles. The largest absolute Gasteiger partial charge is 0.341 e. The average molecular weight is 301 g/mol. The van der Waals surface area contributed by atoms with Gasteiger partial charge in [-0.3, -0.25) is 4.79 Å². The van der Waals surface area contributed by atoms with Crippen molar-refractivity contribution in [3.8, 4) is 0 Å². The van der Waals surface area contributed by atoms with Crippen LogP contribution in [0.5, 0.6) is 0 Å². The fraction of sp³-hybridized carbons (Fsp3) is 0.500. The van der Waals surface area contributed by atoms with E-state index < -0.39 is 0 Å². The number of rotatable bonds is 3. The summed E-state index contributed by atoms with van der Waals surface area (Å²) in [6.07, 6.45) is 2.86. The quantitative estimate of drug-likeness (QED) is 0.932. The van der Waals surface area contributed by atoms with Crippen LogP contribution < -0.4 is 5.73 Å². The molecular weight excluding hydrogens is 283 g/mol. The third-order valence-electron chi connectivity index (χ3n) is 3.69. The van der Waals surface area contributed by atoms with Crippen LogP contribution in [0.3, 0.4) is 0 Å². The zero-order valence-corrected chi connectivity index (χ0v) is 12.4. The summed E-state index contributed by atoms with van der Waals surface area (Å²) in [6, 6.07) is 5.32. The molecule has 0 spiro atoms. The van der Waals surface area contributed by atoms with Crippen molar-refractivity contribution >= 4 is 29.1 Å². The molecule has 104 valence electrons. The molecule has 2 rings (SSSR count). The molecule has 2 unspecified atom stereocenters. The van der Waals surface area contributed by atoms with Crippen molar-refractivity contribution in [1.82, 2.24) is 4.90 Å². The van der Waals surface area contributed by atoms with Gasteiger partial charge < -0.3 is 10.6 Å². The Balaban J connectivity index is 2.04. The van der Waals surface area contributed by atoms with E-state index in [4.69, 9.17) is 28.9 Å². The molecule has 2 N–H and O–H groups in total. The molecule has 1 aromatic carbocycles. The van der Waals surface area contributed by atoms with Gasteiger partial charge in [-0.05, 0) is 30.5 Å². The Morgan fingerprint density at radius 1 is 1.42 bits per heavy atom. The zero-order valence-electron chi connectivity index (χ0n) is 10.9. The molecule has 1 fully saturated rings. The van der Waals surface area contributed by atoms with E-state index in [1.54, 1.807) is 24.1 Å². The Hall–Kier alpha value is -0.770. The van der Waals surface area contributed by atoms with Crippen LogP contribution >= 0.6 is 23.2 Å². The molecule has 1 amide bonds. The van der Waals surface area contributed by atoms with E-state index in [0.717, 1.165) is 24.8 Å². The van der Waals surface area contributed by atoms with Crippen molar-refractivity contribution in [1.29, 1.82) is 0 Å². The molecule has 0 radical (unpaired) electrons. The highest BCUT2D eigenvalue weighted by Crippen LogP contribution is 2.27. The topological polar surface area (TPSA) is 46.3 Å². The molecule has 0 bridgehead atoms. The summed E-state index contributed by atoms with van der Waals surface area (Å²) in [6.45, 7) is 0.484. The molecule has 19 heavy (non-hydrogen) atoms. The van der Waals surface area contributed by atoms with Crippen LogP contribution in [0.4, 0.5) is 0 Å². The first-order chi connectivity index (χ1) is 8.99. The van der Waals surface area contributed by atoms with Gasteiger partial charge in [-0.25, -0.2) is 0 Å². The monoisotopic (exact) mass is 300 g/mol. The molecule has 1 aliphatic rings. The predicted molar refractivity (Wildman–Crippen MR) is 78.3 cm³/mol. The van der Waals surface area contributed by atoms with E-state index in [2.05, 4.69) is 0 Å². The van der Waals surface area contributed by atoms with Crippen molar-refractivity contribution in [2.75, 3.05) is 7.05 Å². The smallest absolute Gasteiger partial charge is 0.227 e. The third kappa shape index (κ3) is 3.41. The number of nitrogens with zero attached hydrogens (tertiary/aromatic N) is 1. The van der Waals surface area contributed by atoms with Gasteiger partial charge in [0.1, 0.15) is 0 Å². The molecule has 0 heterocycles. The average Bonchev–Trinajstić information content (AvgIpc) is 2.78. The number of halogens is 2. The second-order valence-electron chi connectivity index (χ2n) is 5.13. The van der Waals surface area contributed by atoms with Gasteiger partial charge in [-0.15, -0.1) is 0 Å². The van der Waals surface area contributed by atoms with Crippen molar-refractivity contribution in [2.24, 2.45) is 11.7 Å². The summed E-state index contributed by atoms with van der Waals surface area (Å²) < 4.78 is 0. The number of amides is 1. The molecular formula is C14H18Cl2N2O. The van der Waals surface area contributed by atoms with Crippen LogP contribution in [-0.4, -0.2) is 23.9 Å². The summed E-state index contributed by atoms with van der Waals surface area (Å²) in [7, 11) is 1.79. The van der Waals surface area contributed by atoms with Crippen molar-refractivity contribution < 1.29 is 4.79 Å². The Morgan fingerprint density at radius 2 is 2.16 bits per heavy atom. The maximum Gasteiger partial charge on any atom is 0.227 e. The van der Waals surface area contributed by atoms with Gasteiger partial charge in [-0.1, -0.05) is 35.7 Å². The number of carbonyl (C=O) groups excluding carboxylic acids is 1. The maximum atomic E-state index is 12.3. The van der Waals surface area contributed by atoms with Gasteiger partial charge in [0.2, 0.25) is 5.91 Å². The standard InChI is InChI=1S/C14H18Cl2N2O/c1-18(14(19)11-3-2-4-13(11)17)8-9-5-6-10(15)7-12(9)16/h5-7,11,13H,2-4,8,17H2,1H3. The van der Waals surface area contributed by atoms with E-state index in [1.807, 2.05) is 6.07 Å². The Kier molecular flexibility index (Phi) is 4.71. The second-order valence-corrected chi connectivity index (χ2v) is 5.97. The normalized spacial score (nSPS) is 22.5. The van der Waals surface area contributed by atoms with Crippen LogP contribution in [0.2, 0.25) is 10.0 Å². The van der Waals surface area contributed by atoms with Crippen LogP contribution in [0.1, 0.15) is 24.8 Å². The summed E-state index contributed by atoms with van der Waals surface area (Å²) in [5, 5.41) is 1.18. The van der Waals surface area contributed by atoms with Crippen LogP contribution in [0, 0.1) is 5.92 Å². The molecule has 0 saturated heterocycles. The van der Waals surface area contributed by atoms with Crippen molar-refractivity contribution in [3.63, 3.8) is 0 Å². The highest BCUT2D eigenvalue weighted by molar-refractivity contribution is 6.35. The number of nitrogens with two attached hydrogens (primary N) is 1. The lowest BCUT2D eigenvalue weighted by molar-refractivity contribution is -0.134. The number of hydrogen-bond donors (Lipinski definition) is 1. The predicted octanol–water partition coefficient (Wildman–Crippen LogP) is 3.08. The van der Waals surface area contributed by atoms with E-state index in [0.29, 0.717) is 16.6 Å². The Labute approximate surface area is 123 Å². The van der Waals surface area contributed by atoms with E-state index in [-0.39, 0.29) is 17.9 Å². The lowest BCUT2D eigenvalue weighted by Gasteiger charge is -2.23. The number of carbonyl (C=O) groups is 1.